The van der Waals surface area contributed by atoms with Crippen LogP contribution in [0.4, 0.5) is 5.82 Å². The molecule has 0 saturated carbocycles. The second-order valence-corrected chi connectivity index (χ2v) is 11.0. The lowest BCUT2D eigenvalue weighted by atomic mass is 10.1. The number of fused-ring (bicyclic) bond motifs is 3. The van der Waals surface area contributed by atoms with Gasteiger partial charge in [0.05, 0.1) is 15.1 Å². The molecule has 7 nitrogen and oxygen atoms in total. The summed E-state index contributed by atoms with van der Waals surface area (Å²) >= 11 is 1.53. The van der Waals surface area contributed by atoms with Crippen LogP contribution in [0.3, 0.4) is 0 Å². The summed E-state index contributed by atoms with van der Waals surface area (Å²) in [4.78, 5) is 4.89. The predicted molar refractivity (Wildman–Crippen MR) is 131 cm³/mol. The van der Waals surface area contributed by atoms with Crippen molar-refractivity contribution in [2.45, 2.75) is 43.2 Å². The van der Waals surface area contributed by atoms with Crippen LogP contribution >= 0.6 is 11.3 Å². The van der Waals surface area contributed by atoms with E-state index in [-0.39, 0.29) is 21.6 Å². The highest BCUT2D eigenvalue weighted by Gasteiger charge is 2.28. The van der Waals surface area contributed by atoms with Gasteiger partial charge in [0.25, 0.3) is 0 Å². The Balaban J connectivity index is 1.59. The lowest BCUT2D eigenvalue weighted by Crippen LogP contribution is -2.19. The van der Waals surface area contributed by atoms with Crippen molar-refractivity contribution in [1.82, 2.24) is 19.8 Å². The van der Waals surface area contributed by atoms with Crippen LogP contribution in [0.2, 0.25) is 0 Å². The molecule has 1 atom stereocenters. The zero-order chi connectivity index (χ0) is 23.2. The van der Waals surface area contributed by atoms with Crippen LogP contribution < -0.4 is 5.32 Å². The third-order valence-electron chi connectivity index (χ3n) is 5.73. The first-order chi connectivity index (χ1) is 15.8. The second kappa shape index (κ2) is 8.24. The Bertz CT molecular complexity index is 1570. The highest BCUT2D eigenvalue weighted by molar-refractivity contribution is 7.91. The summed E-state index contributed by atoms with van der Waals surface area (Å²) in [5, 5.41) is 13.5. The topological polar surface area (TPSA) is 89.2 Å². The van der Waals surface area contributed by atoms with Crippen molar-refractivity contribution in [2.24, 2.45) is 0 Å². The van der Waals surface area contributed by atoms with Gasteiger partial charge in [-0.3, -0.25) is 0 Å². The molecule has 0 unspecified atom stereocenters. The van der Waals surface area contributed by atoms with Crippen molar-refractivity contribution in [1.29, 1.82) is 0 Å². The molecule has 3 aromatic heterocycles. The Kier molecular flexibility index (Phi) is 5.38. The summed E-state index contributed by atoms with van der Waals surface area (Å²) in [6.07, 6.45) is 0.811. The standard InChI is InChI=1S/C24H23N5O2S2/c1-15-9-10-19(13-16(15)2)33(30,31)24-23-26-22(21-20(11-12-32-21)29(23)28-27-24)25-17(3)14-18-7-5-4-6-8-18/h4-13,17H,14H2,1-3H3,(H,25,26)/t17-/m0/s1. The van der Waals surface area contributed by atoms with Crippen LogP contribution in [-0.4, -0.2) is 34.3 Å². The van der Waals surface area contributed by atoms with Crippen LogP contribution in [0.5, 0.6) is 0 Å². The summed E-state index contributed by atoms with van der Waals surface area (Å²) in [5.74, 6) is 0.634. The molecule has 168 valence electrons. The molecule has 0 radical (unpaired) electrons. The number of rotatable bonds is 6. The number of aromatic nitrogens is 4. The number of hydrogen-bond donors (Lipinski definition) is 1. The molecule has 0 spiro atoms. The van der Waals surface area contributed by atoms with Crippen molar-refractivity contribution in [3.05, 3.63) is 76.7 Å². The van der Waals surface area contributed by atoms with E-state index in [0.717, 1.165) is 27.8 Å². The maximum Gasteiger partial charge on any atom is 0.229 e. The normalized spacial score (nSPS) is 12.9. The number of hydrogen-bond acceptors (Lipinski definition) is 7. The Morgan fingerprint density at radius 2 is 1.85 bits per heavy atom. The number of thiophene rings is 1. The van der Waals surface area contributed by atoms with Gasteiger partial charge in [0, 0.05) is 6.04 Å². The summed E-state index contributed by atoms with van der Waals surface area (Å²) in [7, 11) is -3.89. The van der Waals surface area contributed by atoms with E-state index in [2.05, 4.69) is 34.7 Å². The molecule has 0 fully saturated rings. The lowest BCUT2D eigenvalue weighted by Gasteiger charge is -2.15. The molecule has 5 aromatic rings. The summed E-state index contributed by atoms with van der Waals surface area (Å²) in [6, 6.07) is 17.3. The van der Waals surface area contributed by atoms with Gasteiger partial charge < -0.3 is 5.32 Å². The average Bonchev–Trinajstić information content (AvgIpc) is 3.43. The summed E-state index contributed by atoms with van der Waals surface area (Å²) in [5.41, 5.74) is 4.13. The predicted octanol–water partition coefficient (Wildman–Crippen LogP) is 4.83. The molecule has 0 saturated heterocycles. The van der Waals surface area contributed by atoms with Gasteiger partial charge in [-0.15, -0.1) is 16.4 Å². The number of benzene rings is 2. The molecule has 0 amide bonds. The van der Waals surface area contributed by atoms with Crippen molar-refractivity contribution in [3.63, 3.8) is 0 Å². The molecule has 9 heteroatoms. The molecule has 1 N–H and O–H groups in total. The van der Waals surface area contributed by atoms with Crippen molar-refractivity contribution in [3.8, 4) is 0 Å². The van der Waals surface area contributed by atoms with Gasteiger partial charge in [-0.1, -0.05) is 41.6 Å². The Morgan fingerprint density at radius 1 is 1.06 bits per heavy atom. The van der Waals surface area contributed by atoms with E-state index in [1.807, 2.05) is 43.5 Å². The molecule has 5 rings (SSSR count). The number of nitrogens with zero attached hydrogens (tertiary/aromatic N) is 4. The molecular formula is C24H23N5O2S2. The molecule has 3 heterocycles. The second-order valence-electron chi connectivity index (χ2n) is 8.21. The number of nitrogens with one attached hydrogen (secondary N) is 1. The van der Waals surface area contributed by atoms with E-state index in [1.54, 1.807) is 18.2 Å². The Labute approximate surface area is 196 Å². The Morgan fingerprint density at radius 3 is 2.61 bits per heavy atom. The molecule has 0 aliphatic carbocycles. The van der Waals surface area contributed by atoms with E-state index in [0.29, 0.717) is 5.82 Å². The van der Waals surface area contributed by atoms with Crippen molar-refractivity contribution in [2.75, 3.05) is 5.32 Å². The molecule has 2 aromatic carbocycles. The highest BCUT2D eigenvalue weighted by atomic mass is 32.2. The molecule has 0 bridgehead atoms. The zero-order valence-electron chi connectivity index (χ0n) is 18.5. The minimum atomic E-state index is -3.89. The van der Waals surface area contributed by atoms with Crippen LogP contribution in [0.15, 0.2) is 69.9 Å². The summed E-state index contributed by atoms with van der Waals surface area (Å²) < 4.78 is 29.3. The van der Waals surface area contributed by atoms with Crippen LogP contribution in [0.1, 0.15) is 23.6 Å². The largest absolute Gasteiger partial charge is 0.366 e. The van der Waals surface area contributed by atoms with Gasteiger partial charge in [0.1, 0.15) is 5.82 Å². The van der Waals surface area contributed by atoms with E-state index in [4.69, 9.17) is 4.98 Å². The van der Waals surface area contributed by atoms with Gasteiger partial charge in [0.15, 0.2) is 5.65 Å². The Hall–Kier alpha value is -3.30. The number of aryl methyl sites for hydroxylation is 2. The van der Waals surface area contributed by atoms with Crippen LogP contribution in [0, 0.1) is 13.8 Å². The van der Waals surface area contributed by atoms with Crippen LogP contribution in [-0.2, 0) is 16.3 Å². The van der Waals surface area contributed by atoms with Gasteiger partial charge >= 0.3 is 0 Å². The van der Waals surface area contributed by atoms with Gasteiger partial charge in [0.2, 0.25) is 14.9 Å². The van der Waals surface area contributed by atoms with Crippen molar-refractivity contribution >= 4 is 42.9 Å². The van der Waals surface area contributed by atoms with E-state index < -0.39 is 9.84 Å². The van der Waals surface area contributed by atoms with Crippen LogP contribution in [0.25, 0.3) is 15.9 Å². The lowest BCUT2D eigenvalue weighted by molar-refractivity contribution is 0.592. The molecule has 0 aliphatic heterocycles. The fourth-order valence-electron chi connectivity index (χ4n) is 3.84. The SMILES string of the molecule is Cc1ccc(S(=O)(=O)c2nnn3c2nc(N[C@@H](C)Cc2ccccc2)c2sccc23)cc1C. The minimum Gasteiger partial charge on any atom is -0.366 e. The van der Waals surface area contributed by atoms with E-state index >= 15 is 0 Å². The summed E-state index contributed by atoms with van der Waals surface area (Å²) in [6.45, 7) is 5.92. The molecule has 0 aliphatic rings. The fraction of sp³-hybridized carbons (Fsp3) is 0.208. The number of sulfone groups is 1. The smallest absolute Gasteiger partial charge is 0.229 e. The number of anilines is 1. The van der Waals surface area contributed by atoms with Gasteiger partial charge in [-0.25, -0.2) is 13.4 Å². The first-order valence-electron chi connectivity index (χ1n) is 10.6. The first-order valence-corrected chi connectivity index (χ1v) is 13.0. The molecule has 33 heavy (non-hydrogen) atoms. The van der Waals surface area contributed by atoms with E-state index in [1.165, 1.54) is 21.4 Å². The maximum atomic E-state index is 13.4. The first kappa shape index (κ1) is 21.5. The molecular weight excluding hydrogens is 454 g/mol. The minimum absolute atomic E-state index is 0.0864. The fourth-order valence-corrected chi connectivity index (χ4v) is 5.98. The maximum absolute atomic E-state index is 13.4. The quantitative estimate of drug-likeness (QED) is 0.377. The van der Waals surface area contributed by atoms with Crippen molar-refractivity contribution < 1.29 is 8.42 Å². The van der Waals surface area contributed by atoms with Gasteiger partial charge in [-0.05, 0) is 67.5 Å². The third kappa shape index (κ3) is 3.87. The van der Waals surface area contributed by atoms with E-state index in [9.17, 15) is 8.42 Å². The monoisotopic (exact) mass is 477 g/mol. The third-order valence-corrected chi connectivity index (χ3v) is 8.29. The average molecular weight is 478 g/mol. The highest BCUT2D eigenvalue weighted by Crippen LogP contribution is 2.32. The zero-order valence-corrected chi connectivity index (χ0v) is 20.1. The van der Waals surface area contributed by atoms with Gasteiger partial charge in [-0.2, -0.15) is 4.52 Å².